The molecule has 0 radical (unpaired) electrons. The number of anilines is 1. The molecule has 0 aliphatic rings. The van der Waals surface area contributed by atoms with Gasteiger partial charge in [0.2, 0.25) is 11.8 Å². The lowest BCUT2D eigenvalue weighted by atomic mass is 10.2. The van der Waals surface area contributed by atoms with Crippen LogP contribution < -0.4 is 10.6 Å². The standard InChI is InChI=1S/C27H17Cl2N3O3S/c28-18-6-4-16(5-7-18)23-12-9-21(34-23)10-13-25(33)32-27(36)30-20-3-1-2-17(14-20)26-31-22-15-19(29)8-11-24(22)35-26/h1-15H,(H2,30,32,33,36). The minimum absolute atomic E-state index is 0.146. The maximum atomic E-state index is 12.3. The van der Waals surface area contributed by atoms with Crippen LogP contribution in [0.4, 0.5) is 5.69 Å². The van der Waals surface area contributed by atoms with Crippen molar-refractivity contribution in [2.24, 2.45) is 0 Å². The van der Waals surface area contributed by atoms with E-state index < -0.39 is 5.91 Å². The van der Waals surface area contributed by atoms with Gasteiger partial charge in [-0.15, -0.1) is 0 Å². The number of nitrogens with zero attached hydrogens (tertiary/aromatic N) is 1. The first kappa shape index (κ1) is 23.8. The fourth-order valence-electron chi connectivity index (χ4n) is 3.44. The van der Waals surface area contributed by atoms with Gasteiger partial charge < -0.3 is 14.2 Å². The van der Waals surface area contributed by atoms with Gasteiger partial charge in [0.15, 0.2) is 10.7 Å². The Balaban J connectivity index is 1.20. The van der Waals surface area contributed by atoms with Crippen LogP contribution in [0.2, 0.25) is 10.0 Å². The van der Waals surface area contributed by atoms with E-state index in [1.54, 1.807) is 42.5 Å². The van der Waals surface area contributed by atoms with Crippen LogP contribution in [-0.4, -0.2) is 16.0 Å². The number of benzene rings is 3. The molecule has 0 saturated carbocycles. The third-order valence-electron chi connectivity index (χ3n) is 5.11. The summed E-state index contributed by atoms with van der Waals surface area (Å²) in [6.07, 6.45) is 2.91. The summed E-state index contributed by atoms with van der Waals surface area (Å²) >= 11 is 17.2. The molecule has 5 aromatic rings. The van der Waals surface area contributed by atoms with E-state index in [2.05, 4.69) is 15.6 Å². The number of halogens is 2. The van der Waals surface area contributed by atoms with Crippen LogP contribution >= 0.6 is 35.4 Å². The Bertz CT molecular complexity index is 1610. The van der Waals surface area contributed by atoms with Crippen molar-refractivity contribution in [3.63, 3.8) is 0 Å². The third-order valence-corrected chi connectivity index (χ3v) is 5.80. The first-order valence-corrected chi connectivity index (χ1v) is 11.9. The van der Waals surface area contributed by atoms with Crippen molar-refractivity contribution >= 4 is 69.3 Å². The Hall–Kier alpha value is -3.91. The summed E-state index contributed by atoms with van der Waals surface area (Å²) in [5.74, 6) is 1.25. The van der Waals surface area contributed by atoms with E-state index in [1.807, 2.05) is 42.5 Å². The Morgan fingerprint density at radius 3 is 2.53 bits per heavy atom. The maximum absolute atomic E-state index is 12.3. The zero-order valence-electron chi connectivity index (χ0n) is 18.5. The zero-order chi connectivity index (χ0) is 25.1. The van der Waals surface area contributed by atoms with Crippen molar-refractivity contribution in [3.8, 4) is 22.8 Å². The fraction of sp³-hybridized carbons (Fsp3) is 0. The lowest BCUT2D eigenvalue weighted by Crippen LogP contribution is -2.32. The molecule has 5 rings (SSSR count). The summed E-state index contributed by atoms with van der Waals surface area (Å²) in [5.41, 5.74) is 3.61. The molecule has 0 bridgehead atoms. The van der Waals surface area contributed by atoms with Gasteiger partial charge in [0.1, 0.15) is 17.0 Å². The Labute approximate surface area is 221 Å². The predicted octanol–water partition coefficient (Wildman–Crippen LogP) is 7.59. The largest absolute Gasteiger partial charge is 0.457 e. The lowest BCUT2D eigenvalue weighted by Gasteiger charge is -2.08. The van der Waals surface area contributed by atoms with Crippen LogP contribution in [0.3, 0.4) is 0 Å². The summed E-state index contributed by atoms with van der Waals surface area (Å²) in [4.78, 5) is 16.8. The molecule has 0 saturated heterocycles. The molecule has 2 N–H and O–H groups in total. The molecule has 0 aliphatic heterocycles. The Kier molecular flexibility index (Phi) is 6.86. The minimum atomic E-state index is -0.399. The average Bonchev–Trinajstić information content (AvgIpc) is 3.50. The van der Waals surface area contributed by atoms with Crippen molar-refractivity contribution in [1.82, 2.24) is 10.3 Å². The van der Waals surface area contributed by atoms with Gasteiger partial charge >= 0.3 is 0 Å². The van der Waals surface area contributed by atoms with Gasteiger partial charge in [0, 0.05) is 32.9 Å². The monoisotopic (exact) mass is 533 g/mol. The van der Waals surface area contributed by atoms with E-state index >= 15 is 0 Å². The van der Waals surface area contributed by atoms with Crippen LogP contribution in [0, 0.1) is 0 Å². The number of carbonyl (C=O) groups is 1. The second-order valence-corrected chi connectivity index (χ2v) is 8.98. The summed E-state index contributed by atoms with van der Waals surface area (Å²) < 4.78 is 11.6. The number of hydrogen-bond donors (Lipinski definition) is 2. The molecule has 178 valence electrons. The number of rotatable bonds is 5. The summed E-state index contributed by atoms with van der Waals surface area (Å²) in [7, 11) is 0. The van der Waals surface area contributed by atoms with Gasteiger partial charge in [-0.25, -0.2) is 4.98 Å². The number of amides is 1. The third kappa shape index (κ3) is 5.66. The van der Waals surface area contributed by atoms with Crippen molar-refractivity contribution in [3.05, 3.63) is 101 Å². The molecule has 0 aliphatic carbocycles. The summed E-state index contributed by atoms with van der Waals surface area (Å²) in [6.45, 7) is 0. The number of furan rings is 1. The predicted molar refractivity (Wildman–Crippen MR) is 147 cm³/mol. The van der Waals surface area contributed by atoms with Gasteiger partial charge in [0.25, 0.3) is 0 Å². The topological polar surface area (TPSA) is 80.3 Å². The minimum Gasteiger partial charge on any atom is -0.457 e. The molecular formula is C27H17Cl2N3O3S. The Morgan fingerprint density at radius 2 is 1.69 bits per heavy atom. The quantitative estimate of drug-likeness (QED) is 0.179. The molecule has 2 aromatic heterocycles. The molecule has 0 spiro atoms. The number of nitrogens with one attached hydrogen (secondary N) is 2. The van der Waals surface area contributed by atoms with Gasteiger partial charge in [0.05, 0.1) is 0 Å². The van der Waals surface area contributed by atoms with Crippen molar-refractivity contribution in [1.29, 1.82) is 0 Å². The second kappa shape index (κ2) is 10.4. The van der Waals surface area contributed by atoms with Crippen LogP contribution in [0.25, 0.3) is 40.0 Å². The first-order valence-electron chi connectivity index (χ1n) is 10.8. The summed E-state index contributed by atoms with van der Waals surface area (Å²) in [5, 5.41) is 6.99. The van der Waals surface area contributed by atoms with Crippen LogP contribution in [0.5, 0.6) is 0 Å². The normalized spacial score (nSPS) is 11.2. The number of fused-ring (bicyclic) bond motifs is 1. The zero-order valence-corrected chi connectivity index (χ0v) is 20.8. The SMILES string of the molecule is O=C(C=Cc1ccc(-c2ccc(Cl)cc2)o1)NC(=S)Nc1cccc(-c2nc3cc(Cl)ccc3o2)c1. The number of carbonyl (C=O) groups excluding carboxylic acids is 1. The average molecular weight is 534 g/mol. The molecule has 2 heterocycles. The van der Waals surface area contributed by atoms with Crippen LogP contribution in [-0.2, 0) is 4.79 Å². The van der Waals surface area contributed by atoms with Gasteiger partial charge in [-0.05, 0) is 91.1 Å². The van der Waals surface area contributed by atoms with Crippen molar-refractivity contribution < 1.29 is 13.6 Å². The van der Waals surface area contributed by atoms with Crippen molar-refractivity contribution in [2.75, 3.05) is 5.32 Å². The van der Waals surface area contributed by atoms with E-state index in [0.29, 0.717) is 44.2 Å². The molecule has 0 fully saturated rings. The number of thiocarbonyl (C=S) groups is 1. The first-order chi connectivity index (χ1) is 17.4. The van der Waals surface area contributed by atoms with E-state index in [9.17, 15) is 4.79 Å². The highest BCUT2D eigenvalue weighted by Gasteiger charge is 2.10. The molecule has 0 atom stereocenters. The highest BCUT2D eigenvalue weighted by molar-refractivity contribution is 7.80. The van der Waals surface area contributed by atoms with Crippen LogP contribution in [0.1, 0.15) is 5.76 Å². The van der Waals surface area contributed by atoms with Crippen LogP contribution in [0.15, 0.2) is 93.8 Å². The molecule has 6 nitrogen and oxygen atoms in total. The van der Waals surface area contributed by atoms with Gasteiger partial charge in [-0.1, -0.05) is 29.3 Å². The van der Waals surface area contributed by atoms with E-state index in [4.69, 9.17) is 44.3 Å². The highest BCUT2D eigenvalue weighted by atomic mass is 35.5. The molecule has 36 heavy (non-hydrogen) atoms. The van der Waals surface area contributed by atoms with E-state index in [-0.39, 0.29) is 5.11 Å². The smallest absolute Gasteiger partial charge is 0.250 e. The molecule has 3 aromatic carbocycles. The number of hydrogen-bond acceptors (Lipinski definition) is 5. The number of oxazole rings is 1. The van der Waals surface area contributed by atoms with E-state index in [0.717, 1.165) is 11.1 Å². The number of aromatic nitrogens is 1. The fourth-order valence-corrected chi connectivity index (χ4v) is 3.95. The molecule has 9 heteroatoms. The van der Waals surface area contributed by atoms with Crippen molar-refractivity contribution in [2.45, 2.75) is 0 Å². The second-order valence-electron chi connectivity index (χ2n) is 7.70. The molecular weight excluding hydrogens is 517 g/mol. The van der Waals surface area contributed by atoms with Gasteiger partial charge in [-0.2, -0.15) is 0 Å². The highest BCUT2D eigenvalue weighted by Crippen LogP contribution is 2.28. The van der Waals surface area contributed by atoms with Gasteiger partial charge in [-0.3, -0.25) is 10.1 Å². The lowest BCUT2D eigenvalue weighted by molar-refractivity contribution is -0.115. The molecule has 0 unspecified atom stereocenters. The molecule has 1 amide bonds. The maximum Gasteiger partial charge on any atom is 0.250 e. The van der Waals surface area contributed by atoms with E-state index in [1.165, 1.54) is 6.08 Å². The Morgan fingerprint density at radius 1 is 0.889 bits per heavy atom. The summed E-state index contributed by atoms with van der Waals surface area (Å²) in [6, 6.07) is 23.5.